The molecular weight excluding hydrogens is 177 g/mol. The van der Waals surface area contributed by atoms with E-state index >= 15 is 0 Å². The molecular formula is C5H13F2O3P. The zero-order valence-electron chi connectivity index (χ0n) is 6.84. The highest BCUT2D eigenvalue weighted by Crippen LogP contribution is 2.44. The summed E-state index contributed by atoms with van der Waals surface area (Å²) >= 11 is 0. The lowest BCUT2D eigenvalue weighted by Gasteiger charge is -1.94. The van der Waals surface area contributed by atoms with Gasteiger partial charge in [-0.15, -0.1) is 9.46 Å². The van der Waals surface area contributed by atoms with Gasteiger partial charge in [-0.1, -0.05) is 26.7 Å². The lowest BCUT2D eigenvalue weighted by Crippen LogP contribution is -1.74. The summed E-state index contributed by atoms with van der Waals surface area (Å²) in [5, 5.41) is 0. The number of hydrogen-bond donors (Lipinski definition) is 0. The molecule has 3 nitrogen and oxygen atoms in total. The standard InChI is InChI=1S/C4H10.CH3F2O3P/c1-3-4-2;1-7(4,5-2)6-3/h3-4H2,1-2H3;1H3. The molecule has 11 heavy (non-hydrogen) atoms. The van der Waals surface area contributed by atoms with E-state index in [0.717, 1.165) is 0 Å². The molecule has 0 aromatic carbocycles. The van der Waals surface area contributed by atoms with E-state index in [0.29, 0.717) is 6.66 Å². The maximum atomic E-state index is 10.6. The van der Waals surface area contributed by atoms with E-state index in [1.807, 2.05) is 0 Å². The molecule has 6 heteroatoms. The molecule has 0 rings (SSSR count). The van der Waals surface area contributed by atoms with Gasteiger partial charge in [0.15, 0.2) is 0 Å². The smallest absolute Gasteiger partial charge is 0.255 e. The summed E-state index contributed by atoms with van der Waals surface area (Å²) in [6.07, 6.45) is 2.64. The molecule has 0 aromatic heterocycles. The number of hydrogen-bond acceptors (Lipinski definition) is 3. The van der Waals surface area contributed by atoms with Crippen LogP contribution >= 0.6 is 7.60 Å². The Labute approximate surface area is 65.0 Å². The monoisotopic (exact) mass is 190 g/mol. The molecule has 0 radical (unpaired) electrons. The van der Waals surface area contributed by atoms with Crippen molar-refractivity contribution in [1.29, 1.82) is 0 Å². The van der Waals surface area contributed by atoms with Crippen LogP contribution in [0.4, 0.5) is 9.05 Å². The zero-order valence-corrected chi connectivity index (χ0v) is 7.74. The second kappa shape index (κ2) is 8.11. The highest BCUT2D eigenvalue weighted by molar-refractivity contribution is 7.52. The molecule has 0 N–H and O–H groups in total. The van der Waals surface area contributed by atoms with Gasteiger partial charge in [0.2, 0.25) is 0 Å². The summed E-state index contributed by atoms with van der Waals surface area (Å²) < 4.78 is 36.1. The molecule has 0 spiro atoms. The van der Waals surface area contributed by atoms with Crippen molar-refractivity contribution in [2.24, 2.45) is 0 Å². The first-order valence-corrected chi connectivity index (χ1v) is 5.21. The van der Waals surface area contributed by atoms with E-state index in [9.17, 15) is 13.6 Å². The molecule has 0 saturated carbocycles. The molecule has 0 aliphatic carbocycles. The van der Waals surface area contributed by atoms with E-state index in [1.165, 1.54) is 12.8 Å². The first-order chi connectivity index (χ1) is 5.04. The van der Waals surface area contributed by atoms with Gasteiger partial charge in [0.25, 0.3) is 0 Å². The fraction of sp³-hybridized carbons (Fsp3) is 1.00. The third kappa shape index (κ3) is 13.1. The van der Waals surface area contributed by atoms with Gasteiger partial charge in [-0.2, -0.15) is 0 Å². The predicted molar refractivity (Wildman–Crippen MR) is 38.5 cm³/mol. The van der Waals surface area contributed by atoms with Gasteiger partial charge in [-0.05, 0) is 9.05 Å². The Hall–Kier alpha value is 0.01000. The van der Waals surface area contributed by atoms with Gasteiger partial charge in [0, 0.05) is 6.66 Å². The fourth-order valence-corrected chi connectivity index (χ4v) is 0.0319. The molecule has 0 amide bonds. The average molecular weight is 190 g/mol. The normalized spacial score (nSPS) is 10.3. The maximum Gasteiger partial charge on any atom is 0.392 e. The molecule has 0 unspecified atom stereocenters. The fourth-order valence-electron chi connectivity index (χ4n) is 0.0106. The quantitative estimate of drug-likeness (QED) is 0.639. The summed E-state index contributed by atoms with van der Waals surface area (Å²) in [6, 6.07) is 0. The summed E-state index contributed by atoms with van der Waals surface area (Å²) in [6.45, 7) is 5.02. The largest absolute Gasteiger partial charge is 0.392 e. The Morgan fingerprint density at radius 2 is 1.45 bits per heavy atom. The van der Waals surface area contributed by atoms with Gasteiger partial charge >= 0.3 is 7.60 Å². The van der Waals surface area contributed by atoms with Crippen LogP contribution < -0.4 is 0 Å². The molecule has 0 saturated heterocycles. The number of unbranched alkanes of at least 4 members (excludes halogenated alkanes) is 1. The van der Waals surface area contributed by atoms with Crippen LogP contribution in [0, 0.1) is 0 Å². The zero-order chi connectivity index (χ0) is 9.33. The first kappa shape index (κ1) is 13.6. The molecule has 0 fully saturated rings. The number of rotatable bonds is 3. The summed E-state index contributed by atoms with van der Waals surface area (Å²) in [4.78, 5) is 0. The highest BCUT2D eigenvalue weighted by Gasteiger charge is 2.17. The Balaban J connectivity index is 0. The molecule has 0 bridgehead atoms. The molecule has 0 aromatic rings. The van der Waals surface area contributed by atoms with Crippen LogP contribution in [0.5, 0.6) is 0 Å². The van der Waals surface area contributed by atoms with Crippen molar-refractivity contribution in [3.63, 3.8) is 0 Å². The SMILES string of the molecule is CCCC.CP(=O)(OF)OF. The van der Waals surface area contributed by atoms with Gasteiger partial charge < -0.3 is 0 Å². The van der Waals surface area contributed by atoms with E-state index in [4.69, 9.17) is 0 Å². The summed E-state index contributed by atoms with van der Waals surface area (Å²) in [5.41, 5.74) is 0. The van der Waals surface area contributed by atoms with Crippen molar-refractivity contribution < 1.29 is 23.1 Å². The third-order valence-corrected chi connectivity index (χ3v) is 1.25. The van der Waals surface area contributed by atoms with Crippen LogP contribution in [0.1, 0.15) is 26.7 Å². The summed E-state index contributed by atoms with van der Waals surface area (Å²) in [5.74, 6) is 0. The van der Waals surface area contributed by atoms with Crippen molar-refractivity contribution in [2.75, 3.05) is 6.66 Å². The van der Waals surface area contributed by atoms with Crippen molar-refractivity contribution in [2.45, 2.75) is 26.7 Å². The molecule has 0 aliphatic rings. The second-order valence-corrected chi connectivity index (χ2v) is 3.73. The lowest BCUT2D eigenvalue weighted by molar-refractivity contribution is -0.0853. The topological polar surface area (TPSA) is 35.5 Å². The van der Waals surface area contributed by atoms with Crippen molar-refractivity contribution in [1.82, 2.24) is 0 Å². The summed E-state index contributed by atoms with van der Waals surface area (Å²) in [7, 11) is -3.99. The first-order valence-electron chi connectivity index (χ1n) is 3.22. The minimum Gasteiger partial charge on any atom is -0.255 e. The minimum absolute atomic E-state index is 0.660. The van der Waals surface area contributed by atoms with E-state index in [2.05, 4.69) is 23.3 Å². The highest BCUT2D eigenvalue weighted by atomic mass is 31.2. The Morgan fingerprint density at radius 3 is 1.45 bits per heavy atom. The van der Waals surface area contributed by atoms with Gasteiger partial charge in [0.05, 0.1) is 0 Å². The van der Waals surface area contributed by atoms with Crippen LogP contribution in [0.2, 0.25) is 0 Å². The van der Waals surface area contributed by atoms with E-state index in [1.54, 1.807) is 0 Å². The van der Waals surface area contributed by atoms with Crippen molar-refractivity contribution in [3.8, 4) is 0 Å². The van der Waals surface area contributed by atoms with E-state index < -0.39 is 7.60 Å². The van der Waals surface area contributed by atoms with Gasteiger partial charge in [-0.3, -0.25) is 4.57 Å². The Bertz CT molecular complexity index is 110. The van der Waals surface area contributed by atoms with Crippen LogP contribution in [0.25, 0.3) is 0 Å². The van der Waals surface area contributed by atoms with Crippen LogP contribution in [-0.2, 0) is 14.0 Å². The van der Waals surface area contributed by atoms with Crippen LogP contribution in [0.15, 0.2) is 0 Å². The van der Waals surface area contributed by atoms with Crippen LogP contribution in [0.3, 0.4) is 0 Å². The number of halogens is 2. The van der Waals surface area contributed by atoms with Crippen molar-refractivity contribution in [3.05, 3.63) is 0 Å². The van der Waals surface area contributed by atoms with Gasteiger partial charge in [0.1, 0.15) is 0 Å². The maximum absolute atomic E-state index is 10.6. The molecule has 0 aliphatic heterocycles. The molecule has 70 valence electrons. The van der Waals surface area contributed by atoms with Gasteiger partial charge in [-0.25, -0.2) is 0 Å². The van der Waals surface area contributed by atoms with Crippen LogP contribution in [-0.4, -0.2) is 6.66 Å². The minimum atomic E-state index is -3.99. The Kier molecular flexibility index (Phi) is 10.0. The second-order valence-electron chi connectivity index (χ2n) is 1.91. The van der Waals surface area contributed by atoms with E-state index in [-0.39, 0.29) is 0 Å². The molecule has 0 heterocycles. The lowest BCUT2D eigenvalue weighted by atomic mass is 10.4. The average Bonchev–Trinajstić information content (AvgIpc) is 2.05. The Morgan fingerprint density at radius 1 is 1.18 bits per heavy atom. The predicted octanol–water partition coefficient (Wildman–Crippen LogP) is 3.42. The molecule has 0 atom stereocenters. The third-order valence-electron chi connectivity index (χ3n) is 0.751. The van der Waals surface area contributed by atoms with Crippen molar-refractivity contribution >= 4 is 7.60 Å².